The zero-order chi connectivity index (χ0) is 17.0. The molecule has 2 amide bonds. The molecule has 1 fully saturated rings. The van der Waals surface area contributed by atoms with Gasteiger partial charge in [0.2, 0.25) is 11.8 Å². The fourth-order valence-electron chi connectivity index (χ4n) is 2.24. The topological polar surface area (TPSA) is 83.6 Å². The molecule has 0 bridgehead atoms. The Bertz CT molecular complexity index is 511. The van der Waals surface area contributed by atoms with Crippen molar-refractivity contribution < 1.29 is 31.2 Å². The molecule has 1 saturated heterocycles. The fourth-order valence-corrected chi connectivity index (χ4v) is 3.92. The molecule has 0 spiro atoms. The number of carbonyl (C=O) groups is 2. The number of halogens is 3. The lowest BCUT2D eigenvalue weighted by Crippen LogP contribution is -2.44. The van der Waals surface area contributed by atoms with Gasteiger partial charge in [-0.1, -0.05) is 0 Å². The van der Waals surface area contributed by atoms with Gasteiger partial charge in [0.15, 0.2) is 9.84 Å². The Labute approximate surface area is 127 Å². The van der Waals surface area contributed by atoms with Crippen molar-refractivity contribution in [3.05, 3.63) is 0 Å². The Balaban J connectivity index is 2.49. The average Bonchev–Trinajstić information content (AvgIpc) is 2.43. The quantitative estimate of drug-likeness (QED) is 0.786. The molecule has 0 saturated carbocycles. The summed E-state index contributed by atoms with van der Waals surface area (Å²) in [6, 6.07) is 0. The molecule has 1 aliphatic rings. The molecule has 22 heavy (non-hydrogen) atoms. The highest BCUT2D eigenvalue weighted by atomic mass is 32.2. The predicted octanol–water partition coefficient (Wildman–Crippen LogP) is 0.481. The Morgan fingerprint density at radius 1 is 1.23 bits per heavy atom. The lowest BCUT2D eigenvalue weighted by Gasteiger charge is -2.31. The summed E-state index contributed by atoms with van der Waals surface area (Å²) in [4.78, 5) is 24.0. The second kappa shape index (κ2) is 7.30. The lowest BCUT2D eigenvalue weighted by molar-refractivity contribution is -0.149. The van der Waals surface area contributed by atoms with Crippen LogP contribution < -0.4 is 5.32 Å². The first-order valence-electron chi connectivity index (χ1n) is 6.82. The molecule has 10 heteroatoms. The normalized spacial score (nSPS) is 17.4. The molecule has 1 N–H and O–H groups in total. The van der Waals surface area contributed by atoms with Crippen LogP contribution in [-0.2, 0) is 19.4 Å². The predicted molar refractivity (Wildman–Crippen MR) is 72.7 cm³/mol. The molecule has 0 radical (unpaired) electrons. The second-order valence-corrected chi connectivity index (χ2v) is 7.46. The van der Waals surface area contributed by atoms with E-state index in [4.69, 9.17) is 0 Å². The van der Waals surface area contributed by atoms with E-state index in [-0.39, 0.29) is 25.9 Å². The molecular weight excluding hydrogens is 325 g/mol. The van der Waals surface area contributed by atoms with Crippen molar-refractivity contribution in [2.45, 2.75) is 37.1 Å². The SMILES string of the molecule is CNC(=O)CS(=O)(=O)C1CCN(C(=O)CCC(F)(F)F)CC1. The van der Waals surface area contributed by atoms with Crippen LogP contribution in [-0.4, -0.2) is 62.4 Å². The Kier molecular flexibility index (Phi) is 6.21. The van der Waals surface area contributed by atoms with Gasteiger partial charge < -0.3 is 10.2 Å². The highest BCUT2D eigenvalue weighted by Gasteiger charge is 2.34. The van der Waals surface area contributed by atoms with Crippen molar-refractivity contribution >= 4 is 21.7 Å². The van der Waals surface area contributed by atoms with Gasteiger partial charge in [-0.15, -0.1) is 0 Å². The van der Waals surface area contributed by atoms with Crippen LogP contribution in [0.2, 0.25) is 0 Å². The van der Waals surface area contributed by atoms with E-state index in [0.717, 1.165) is 0 Å². The van der Waals surface area contributed by atoms with E-state index in [1.807, 2.05) is 0 Å². The van der Waals surface area contributed by atoms with Gasteiger partial charge >= 0.3 is 6.18 Å². The van der Waals surface area contributed by atoms with Crippen LogP contribution >= 0.6 is 0 Å². The minimum atomic E-state index is -4.38. The molecule has 0 unspecified atom stereocenters. The maximum absolute atomic E-state index is 12.1. The first-order valence-corrected chi connectivity index (χ1v) is 8.53. The molecule has 0 aliphatic carbocycles. The third-order valence-corrected chi connectivity index (χ3v) is 5.69. The van der Waals surface area contributed by atoms with E-state index >= 15 is 0 Å². The standard InChI is InChI=1S/C12H19F3N2O4S/c1-16-10(18)8-22(20,21)9-3-6-17(7-4-9)11(19)2-5-12(13,14)15/h9H,2-8H2,1H3,(H,16,18). The molecule has 0 atom stereocenters. The Hall–Kier alpha value is -1.32. The van der Waals surface area contributed by atoms with Crippen molar-refractivity contribution in [1.82, 2.24) is 10.2 Å². The summed E-state index contributed by atoms with van der Waals surface area (Å²) in [6.45, 7) is 0.183. The van der Waals surface area contributed by atoms with E-state index < -0.39 is 51.7 Å². The van der Waals surface area contributed by atoms with Crippen molar-refractivity contribution in [2.75, 3.05) is 25.9 Å². The maximum Gasteiger partial charge on any atom is 0.389 e. The van der Waals surface area contributed by atoms with E-state index in [0.29, 0.717) is 0 Å². The van der Waals surface area contributed by atoms with Crippen LogP contribution in [0, 0.1) is 0 Å². The average molecular weight is 344 g/mol. The van der Waals surface area contributed by atoms with Gasteiger partial charge in [0.25, 0.3) is 0 Å². The van der Waals surface area contributed by atoms with Crippen LogP contribution in [0.4, 0.5) is 13.2 Å². The molecule has 1 rings (SSSR count). The monoisotopic (exact) mass is 344 g/mol. The zero-order valence-corrected chi connectivity index (χ0v) is 13.0. The Morgan fingerprint density at radius 3 is 2.23 bits per heavy atom. The van der Waals surface area contributed by atoms with Gasteiger partial charge in [-0.3, -0.25) is 9.59 Å². The third kappa shape index (κ3) is 5.82. The number of likely N-dealkylation sites (tertiary alicyclic amines) is 1. The number of hydrogen-bond donors (Lipinski definition) is 1. The number of nitrogens with one attached hydrogen (secondary N) is 1. The number of alkyl halides is 3. The summed E-state index contributed by atoms with van der Waals surface area (Å²) in [5.41, 5.74) is 0. The molecule has 1 heterocycles. The van der Waals surface area contributed by atoms with Crippen LogP contribution in [0.25, 0.3) is 0 Å². The van der Waals surface area contributed by atoms with Crippen molar-refractivity contribution in [3.8, 4) is 0 Å². The van der Waals surface area contributed by atoms with Crippen LogP contribution in [0.1, 0.15) is 25.7 Å². The second-order valence-electron chi connectivity index (χ2n) is 5.18. The third-order valence-electron chi connectivity index (χ3n) is 3.54. The lowest BCUT2D eigenvalue weighted by atomic mass is 10.1. The highest BCUT2D eigenvalue weighted by Crippen LogP contribution is 2.24. The number of sulfone groups is 1. The molecule has 0 aromatic heterocycles. The Morgan fingerprint density at radius 2 is 1.77 bits per heavy atom. The minimum absolute atomic E-state index is 0.0916. The van der Waals surface area contributed by atoms with E-state index in [1.54, 1.807) is 0 Å². The maximum atomic E-state index is 12.1. The molecule has 0 aromatic rings. The number of rotatable bonds is 5. The molecule has 128 valence electrons. The van der Waals surface area contributed by atoms with Crippen LogP contribution in [0.3, 0.4) is 0 Å². The molecule has 1 aliphatic heterocycles. The van der Waals surface area contributed by atoms with Gasteiger partial charge in [0.05, 0.1) is 11.7 Å². The van der Waals surface area contributed by atoms with E-state index in [1.165, 1.54) is 11.9 Å². The largest absolute Gasteiger partial charge is 0.389 e. The fraction of sp³-hybridized carbons (Fsp3) is 0.833. The van der Waals surface area contributed by atoms with Gasteiger partial charge in [0.1, 0.15) is 5.75 Å². The van der Waals surface area contributed by atoms with Gasteiger partial charge in [-0.25, -0.2) is 8.42 Å². The molecule has 0 aromatic carbocycles. The van der Waals surface area contributed by atoms with Crippen molar-refractivity contribution in [1.29, 1.82) is 0 Å². The summed E-state index contributed by atoms with van der Waals surface area (Å²) < 4.78 is 60.2. The highest BCUT2D eigenvalue weighted by molar-refractivity contribution is 7.92. The number of amides is 2. The molecule has 6 nitrogen and oxygen atoms in total. The summed E-state index contributed by atoms with van der Waals surface area (Å²) in [7, 11) is -2.28. The van der Waals surface area contributed by atoms with E-state index in [2.05, 4.69) is 5.32 Å². The van der Waals surface area contributed by atoms with Crippen molar-refractivity contribution in [2.24, 2.45) is 0 Å². The number of hydrogen-bond acceptors (Lipinski definition) is 4. The van der Waals surface area contributed by atoms with Crippen LogP contribution in [0.15, 0.2) is 0 Å². The first kappa shape index (κ1) is 18.7. The minimum Gasteiger partial charge on any atom is -0.358 e. The van der Waals surface area contributed by atoms with Gasteiger partial charge in [-0.2, -0.15) is 13.2 Å². The van der Waals surface area contributed by atoms with Gasteiger partial charge in [-0.05, 0) is 12.8 Å². The summed E-state index contributed by atoms with van der Waals surface area (Å²) in [5.74, 6) is -1.85. The summed E-state index contributed by atoms with van der Waals surface area (Å²) in [6.07, 6.45) is -5.92. The zero-order valence-electron chi connectivity index (χ0n) is 12.1. The summed E-state index contributed by atoms with van der Waals surface area (Å²) >= 11 is 0. The van der Waals surface area contributed by atoms with E-state index in [9.17, 15) is 31.2 Å². The number of carbonyl (C=O) groups excluding carboxylic acids is 2. The molecular formula is C12H19F3N2O4S. The summed E-state index contributed by atoms with van der Waals surface area (Å²) in [5, 5.41) is 1.49. The van der Waals surface area contributed by atoms with Gasteiger partial charge in [0, 0.05) is 26.6 Å². The number of nitrogens with zero attached hydrogens (tertiary/aromatic N) is 1. The smallest absolute Gasteiger partial charge is 0.358 e. The van der Waals surface area contributed by atoms with Crippen LogP contribution in [0.5, 0.6) is 0 Å². The van der Waals surface area contributed by atoms with Crippen molar-refractivity contribution in [3.63, 3.8) is 0 Å². The first-order chi connectivity index (χ1) is 10.0. The number of piperidine rings is 1.